The minimum atomic E-state index is -6.47. The fraction of sp³-hybridized carbons (Fsp3) is 0.400. The minimum absolute atomic E-state index is 0.0779. The van der Waals surface area contributed by atoms with Gasteiger partial charge in [-0.05, 0) is 28.1 Å². The van der Waals surface area contributed by atoms with Gasteiger partial charge < -0.3 is 0 Å². The molecule has 0 unspecified atom stereocenters. The van der Waals surface area contributed by atoms with Crippen molar-refractivity contribution in [3.8, 4) is 0 Å². The molecule has 0 aliphatic carbocycles. The van der Waals surface area contributed by atoms with Crippen molar-refractivity contribution in [3.05, 3.63) is 39.9 Å². The van der Waals surface area contributed by atoms with Crippen LogP contribution in [0.4, 0.5) is 40.8 Å². The molecule has 0 atom stereocenters. The van der Waals surface area contributed by atoms with E-state index in [1.54, 1.807) is 0 Å². The van der Waals surface area contributed by atoms with Gasteiger partial charge in [0.2, 0.25) is 0 Å². The average molecular weight is 402 g/mol. The van der Waals surface area contributed by atoms with Crippen molar-refractivity contribution in [2.24, 2.45) is 0 Å². The lowest BCUT2D eigenvalue weighted by molar-refractivity contribution is -0.385. The summed E-state index contributed by atoms with van der Waals surface area (Å²) in [6.45, 7) is 0. The topological polar surface area (TPSA) is 43.1 Å². The van der Waals surface area contributed by atoms with Crippen LogP contribution >= 0.6 is 15.9 Å². The Hall–Kier alpha value is -1.46. The van der Waals surface area contributed by atoms with E-state index in [0.717, 1.165) is 15.9 Å². The number of benzene rings is 1. The normalized spacial score (nSPS) is 14.0. The smallest absolute Gasteiger partial charge is 0.258 e. The van der Waals surface area contributed by atoms with E-state index in [9.17, 15) is 45.2 Å². The summed E-state index contributed by atoms with van der Waals surface area (Å²) in [5.41, 5.74) is -2.56. The maximum Gasteiger partial charge on any atom is 0.388 e. The van der Waals surface area contributed by atoms with Gasteiger partial charge in [-0.15, -0.1) is 0 Å². The zero-order valence-electron chi connectivity index (χ0n) is 9.97. The Morgan fingerprint density at radius 2 is 1.27 bits per heavy atom. The Bertz CT molecular complexity index is 569. The number of non-ortho nitro benzene ring substituents is 1. The molecule has 124 valence electrons. The van der Waals surface area contributed by atoms with Gasteiger partial charge in [-0.2, -0.15) is 35.1 Å². The van der Waals surface area contributed by atoms with Crippen LogP contribution in [-0.2, 0) is 5.92 Å². The van der Waals surface area contributed by atoms with Gasteiger partial charge in [-0.3, -0.25) is 10.1 Å². The SMILES string of the molecule is O=[N+]([O-])c1ccc(C(F)(F)C(F)(F)C(F)(F)C(F)(F)Br)cc1. The summed E-state index contributed by atoms with van der Waals surface area (Å²) in [6, 6.07) is 0.858. The summed E-state index contributed by atoms with van der Waals surface area (Å²) in [5, 5.41) is 10.3. The molecule has 0 aliphatic rings. The Kier molecular flexibility index (Phi) is 4.49. The van der Waals surface area contributed by atoms with E-state index in [2.05, 4.69) is 0 Å². The molecule has 12 heteroatoms. The third kappa shape index (κ3) is 2.75. The summed E-state index contributed by atoms with van der Waals surface area (Å²) in [4.78, 5) is 3.64. The van der Waals surface area contributed by atoms with Crippen molar-refractivity contribution in [1.82, 2.24) is 0 Å². The van der Waals surface area contributed by atoms with E-state index in [1.165, 1.54) is 0 Å². The number of alkyl halides is 9. The summed E-state index contributed by atoms with van der Waals surface area (Å²) in [5.74, 6) is -18.6. The number of nitro groups is 1. The van der Waals surface area contributed by atoms with Crippen LogP contribution in [-0.4, -0.2) is 21.6 Å². The van der Waals surface area contributed by atoms with Gasteiger partial charge in [0, 0.05) is 17.7 Å². The van der Waals surface area contributed by atoms with Crippen molar-refractivity contribution in [3.63, 3.8) is 0 Å². The van der Waals surface area contributed by atoms with E-state index >= 15 is 0 Å². The molecule has 22 heavy (non-hydrogen) atoms. The second-order valence-electron chi connectivity index (χ2n) is 4.02. The predicted octanol–water partition coefficient (Wildman–Crippen LogP) is 4.94. The highest BCUT2D eigenvalue weighted by molar-refractivity contribution is 9.10. The van der Waals surface area contributed by atoms with E-state index in [4.69, 9.17) is 0 Å². The van der Waals surface area contributed by atoms with Crippen LogP contribution in [0.5, 0.6) is 0 Å². The first kappa shape index (κ1) is 18.6. The molecule has 3 nitrogen and oxygen atoms in total. The molecule has 0 bridgehead atoms. The third-order valence-corrected chi connectivity index (χ3v) is 3.08. The van der Waals surface area contributed by atoms with Crippen LogP contribution in [0.1, 0.15) is 5.56 Å². The number of nitro benzene ring substituents is 1. The highest BCUT2D eigenvalue weighted by atomic mass is 79.9. The molecule has 1 aromatic rings. The minimum Gasteiger partial charge on any atom is -0.258 e. The van der Waals surface area contributed by atoms with Crippen LogP contribution in [0, 0.1) is 10.1 Å². The van der Waals surface area contributed by atoms with Gasteiger partial charge in [0.05, 0.1) is 4.92 Å². The molecule has 0 saturated heterocycles. The number of hydrogen-bond donors (Lipinski definition) is 0. The number of rotatable bonds is 5. The molecule has 0 aromatic heterocycles. The first-order valence-corrected chi connectivity index (χ1v) is 5.90. The quantitative estimate of drug-likeness (QED) is 0.303. The maximum absolute atomic E-state index is 13.5. The van der Waals surface area contributed by atoms with E-state index in [-0.39, 0.29) is 12.1 Å². The van der Waals surface area contributed by atoms with Crippen LogP contribution < -0.4 is 0 Å². The summed E-state index contributed by atoms with van der Waals surface area (Å²) in [6.07, 6.45) is 0. The van der Waals surface area contributed by atoms with Gasteiger partial charge in [0.25, 0.3) is 5.69 Å². The van der Waals surface area contributed by atoms with Gasteiger partial charge >= 0.3 is 22.6 Å². The Labute approximate surface area is 125 Å². The molecule has 0 fully saturated rings. The molecule has 1 aromatic carbocycles. The third-order valence-electron chi connectivity index (χ3n) is 2.59. The van der Waals surface area contributed by atoms with Crippen molar-refractivity contribution < 1.29 is 40.0 Å². The van der Waals surface area contributed by atoms with Crippen molar-refractivity contribution in [2.45, 2.75) is 22.6 Å². The Balaban J connectivity index is 3.35. The fourth-order valence-electron chi connectivity index (χ4n) is 1.35. The molecule has 1 rings (SSSR count). The highest BCUT2D eigenvalue weighted by Crippen LogP contribution is 2.57. The molecule has 0 spiro atoms. The molecule has 0 aliphatic heterocycles. The van der Waals surface area contributed by atoms with Gasteiger partial charge in [-0.1, -0.05) is 0 Å². The molecular formula is C10H4BrF8NO2. The molecule has 0 radical (unpaired) electrons. The lowest BCUT2D eigenvalue weighted by Crippen LogP contribution is -2.59. The van der Waals surface area contributed by atoms with Crippen LogP contribution in [0.2, 0.25) is 0 Å². The Morgan fingerprint density at radius 3 is 1.59 bits per heavy atom. The van der Waals surface area contributed by atoms with Crippen molar-refractivity contribution in [1.29, 1.82) is 0 Å². The second kappa shape index (κ2) is 5.32. The molecule has 0 saturated carbocycles. The van der Waals surface area contributed by atoms with E-state index in [0.29, 0.717) is 12.1 Å². The molecular weight excluding hydrogens is 398 g/mol. The highest BCUT2D eigenvalue weighted by Gasteiger charge is 2.80. The average Bonchev–Trinajstić information content (AvgIpc) is 2.37. The van der Waals surface area contributed by atoms with Gasteiger partial charge in [-0.25, -0.2) is 0 Å². The lowest BCUT2D eigenvalue weighted by Gasteiger charge is -2.34. The molecule has 0 amide bonds. The van der Waals surface area contributed by atoms with Crippen molar-refractivity contribution >= 4 is 21.6 Å². The first-order chi connectivity index (χ1) is 9.66. The van der Waals surface area contributed by atoms with Crippen LogP contribution in [0.15, 0.2) is 24.3 Å². The largest absolute Gasteiger partial charge is 0.388 e. The molecule has 0 heterocycles. The monoisotopic (exact) mass is 401 g/mol. The van der Waals surface area contributed by atoms with Crippen LogP contribution in [0.25, 0.3) is 0 Å². The number of hydrogen-bond acceptors (Lipinski definition) is 2. The van der Waals surface area contributed by atoms with E-state index in [1.807, 2.05) is 0 Å². The lowest BCUT2D eigenvalue weighted by atomic mass is 9.97. The van der Waals surface area contributed by atoms with E-state index < -0.39 is 38.8 Å². The van der Waals surface area contributed by atoms with Crippen molar-refractivity contribution in [2.75, 3.05) is 0 Å². The Morgan fingerprint density at radius 1 is 0.864 bits per heavy atom. The van der Waals surface area contributed by atoms with Crippen LogP contribution in [0.3, 0.4) is 0 Å². The maximum atomic E-state index is 13.5. The first-order valence-electron chi connectivity index (χ1n) is 5.11. The number of halogens is 9. The molecule has 0 N–H and O–H groups in total. The predicted molar refractivity (Wildman–Crippen MR) is 60.8 cm³/mol. The zero-order chi connectivity index (χ0) is 17.6. The van der Waals surface area contributed by atoms with Gasteiger partial charge in [0.15, 0.2) is 0 Å². The summed E-state index contributed by atoms with van der Waals surface area (Å²) < 4.78 is 105. The summed E-state index contributed by atoms with van der Waals surface area (Å²) >= 11 is 0.946. The second-order valence-corrected chi connectivity index (χ2v) is 5.02. The standard InChI is InChI=1S/C10H4BrF8NO2/c11-10(18,19)9(16,17)8(14,15)7(12,13)5-1-3-6(4-2-5)20(21)22/h1-4H. The zero-order valence-corrected chi connectivity index (χ0v) is 11.6. The fourth-order valence-corrected chi connectivity index (χ4v) is 1.60. The number of nitrogens with zero attached hydrogens (tertiary/aromatic N) is 1. The van der Waals surface area contributed by atoms with Gasteiger partial charge in [0.1, 0.15) is 0 Å². The summed E-state index contributed by atoms with van der Waals surface area (Å²) in [7, 11) is 0.